The van der Waals surface area contributed by atoms with Crippen molar-refractivity contribution < 1.29 is 9.90 Å². The number of carbonyl (C=O) groups is 1. The molecule has 1 unspecified atom stereocenters. The van der Waals surface area contributed by atoms with Gasteiger partial charge in [-0.25, -0.2) is 0 Å². The normalized spacial score (nSPS) is 16.1. The number of nitrogens with zero attached hydrogens (tertiary/aromatic N) is 5. The summed E-state index contributed by atoms with van der Waals surface area (Å²) in [6.45, 7) is -0.254. The fraction of sp³-hybridized carbons (Fsp3) is 0.111. The van der Waals surface area contributed by atoms with Crippen molar-refractivity contribution in [3.63, 3.8) is 0 Å². The van der Waals surface area contributed by atoms with E-state index in [1.807, 2.05) is 54.6 Å². The summed E-state index contributed by atoms with van der Waals surface area (Å²) in [7, 11) is 0. The molecule has 0 bridgehead atoms. The molecule has 1 aromatic heterocycles. The smallest absolute Gasteiger partial charge is 0.323 e. The molecule has 0 aliphatic carbocycles. The highest BCUT2D eigenvalue weighted by Gasteiger charge is 2.32. The zero-order valence-electron chi connectivity index (χ0n) is 13.5. The van der Waals surface area contributed by atoms with Crippen molar-refractivity contribution in [2.24, 2.45) is 0 Å². The van der Waals surface area contributed by atoms with E-state index in [0.29, 0.717) is 11.0 Å². The summed E-state index contributed by atoms with van der Waals surface area (Å²) in [4.78, 5) is 13.0. The van der Waals surface area contributed by atoms with Gasteiger partial charge in [-0.15, -0.1) is 0 Å². The number of aromatic nitrogens is 4. The van der Waals surface area contributed by atoms with E-state index in [1.165, 1.54) is 0 Å². The average Bonchev–Trinajstić information content (AvgIpc) is 3.13. The minimum Gasteiger partial charge on any atom is -0.480 e. The van der Waals surface area contributed by atoms with Crippen molar-refractivity contribution >= 4 is 29.2 Å². The van der Waals surface area contributed by atoms with Gasteiger partial charge in [-0.3, -0.25) is 9.69 Å². The van der Waals surface area contributed by atoms with E-state index in [4.69, 9.17) is 11.6 Å². The molecule has 0 amide bonds. The topological polar surface area (TPSA) is 84.1 Å². The van der Waals surface area contributed by atoms with Crippen molar-refractivity contribution in [2.45, 2.75) is 6.04 Å². The zero-order valence-corrected chi connectivity index (χ0v) is 14.3. The van der Waals surface area contributed by atoms with Gasteiger partial charge < -0.3 is 5.11 Å². The quantitative estimate of drug-likeness (QED) is 0.763. The van der Waals surface area contributed by atoms with E-state index in [1.54, 1.807) is 15.6 Å². The maximum absolute atomic E-state index is 11.4. The second-order valence-corrected chi connectivity index (χ2v) is 6.19. The van der Waals surface area contributed by atoms with Crippen LogP contribution in [0.15, 0.2) is 60.7 Å². The minimum absolute atomic E-state index is 0.254. The molecule has 1 aliphatic rings. The average molecular weight is 368 g/mol. The van der Waals surface area contributed by atoms with Crippen molar-refractivity contribution in [3.05, 3.63) is 76.8 Å². The van der Waals surface area contributed by atoms with Crippen LogP contribution in [0.2, 0.25) is 5.02 Å². The van der Waals surface area contributed by atoms with Crippen LogP contribution in [0.5, 0.6) is 0 Å². The summed E-state index contributed by atoms with van der Waals surface area (Å²) in [6.07, 6.45) is 1.93. The van der Waals surface area contributed by atoms with Crippen LogP contribution >= 0.6 is 11.6 Å². The number of carboxylic acid groups (broad SMARTS) is 1. The van der Waals surface area contributed by atoms with Gasteiger partial charge in [0.2, 0.25) is 0 Å². The van der Waals surface area contributed by atoms with Gasteiger partial charge in [0.1, 0.15) is 12.6 Å². The van der Waals surface area contributed by atoms with Crippen LogP contribution < -0.4 is 4.90 Å². The van der Waals surface area contributed by atoms with Gasteiger partial charge in [0.25, 0.3) is 5.95 Å². The number of hydrogen-bond acceptors (Lipinski definition) is 5. The SMILES string of the molecule is O=C(O)CN1C(c2ccccc2)=CC(c2ccccc2Cl)n2nnnc21. The first kappa shape index (κ1) is 16.3. The van der Waals surface area contributed by atoms with E-state index >= 15 is 0 Å². The molecular weight excluding hydrogens is 354 g/mol. The second kappa shape index (κ2) is 6.61. The summed E-state index contributed by atoms with van der Waals surface area (Å²) >= 11 is 6.39. The molecule has 130 valence electrons. The first-order valence-corrected chi connectivity index (χ1v) is 8.32. The van der Waals surface area contributed by atoms with Gasteiger partial charge in [0, 0.05) is 5.02 Å². The standard InChI is InChI=1S/C18H14ClN5O2/c19-14-9-5-4-8-13(14)16-10-15(12-6-2-1-3-7-12)23(11-17(25)26)18-20-21-22-24(16)18/h1-10,16H,11H2,(H,25,26). The molecule has 2 aromatic carbocycles. The molecule has 8 heteroatoms. The summed E-state index contributed by atoms with van der Waals surface area (Å²) in [5.41, 5.74) is 2.44. The molecule has 1 aliphatic heterocycles. The van der Waals surface area contributed by atoms with Crippen LogP contribution in [0.3, 0.4) is 0 Å². The molecule has 3 aromatic rings. The summed E-state index contributed by atoms with van der Waals surface area (Å²) in [6, 6.07) is 16.7. The molecule has 0 radical (unpaired) electrons. The van der Waals surface area contributed by atoms with Crippen LogP contribution in [0.1, 0.15) is 17.2 Å². The molecule has 26 heavy (non-hydrogen) atoms. The van der Waals surface area contributed by atoms with Crippen LogP contribution in [0, 0.1) is 0 Å². The van der Waals surface area contributed by atoms with Gasteiger partial charge in [-0.05, 0) is 33.7 Å². The Morgan fingerprint density at radius 2 is 1.85 bits per heavy atom. The number of tetrazole rings is 1. The lowest BCUT2D eigenvalue weighted by atomic mass is 10.0. The van der Waals surface area contributed by atoms with Crippen molar-refractivity contribution in [1.82, 2.24) is 20.2 Å². The number of aliphatic carboxylic acids is 1. The van der Waals surface area contributed by atoms with E-state index in [0.717, 1.165) is 16.8 Å². The summed E-state index contributed by atoms with van der Waals surface area (Å²) in [5, 5.41) is 21.8. The lowest BCUT2D eigenvalue weighted by Gasteiger charge is -2.32. The van der Waals surface area contributed by atoms with Gasteiger partial charge in [-0.2, -0.15) is 4.68 Å². The highest BCUT2D eigenvalue weighted by Crippen LogP contribution is 2.37. The largest absolute Gasteiger partial charge is 0.480 e. The van der Waals surface area contributed by atoms with Gasteiger partial charge in [0.15, 0.2) is 0 Å². The lowest BCUT2D eigenvalue weighted by molar-refractivity contribution is -0.135. The fourth-order valence-electron chi connectivity index (χ4n) is 3.05. The lowest BCUT2D eigenvalue weighted by Crippen LogP contribution is -2.35. The first-order valence-electron chi connectivity index (χ1n) is 7.94. The third-order valence-corrected chi connectivity index (χ3v) is 4.52. The van der Waals surface area contributed by atoms with E-state index in [-0.39, 0.29) is 12.6 Å². The molecule has 7 nitrogen and oxygen atoms in total. The van der Waals surface area contributed by atoms with Crippen molar-refractivity contribution in [3.8, 4) is 0 Å². The third-order valence-electron chi connectivity index (χ3n) is 4.17. The van der Waals surface area contributed by atoms with Gasteiger partial charge in [-0.1, -0.05) is 65.2 Å². The number of hydrogen-bond donors (Lipinski definition) is 1. The molecule has 0 saturated carbocycles. The van der Waals surface area contributed by atoms with Crippen LogP contribution in [0.4, 0.5) is 5.95 Å². The molecule has 0 fully saturated rings. The van der Waals surface area contributed by atoms with E-state index in [2.05, 4.69) is 15.5 Å². The molecule has 0 saturated heterocycles. The Bertz CT molecular complexity index is 986. The predicted octanol–water partition coefficient (Wildman–Crippen LogP) is 2.86. The Balaban J connectivity index is 1.91. The highest BCUT2D eigenvalue weighted by atomic mass is 35.5. The predicted molar refractivity (Wildman–Crippen MR) is 96.8 cm³/mol. The number of anilines is 1. The van der Waals surface area contributed by atoms with Gasteiger partial charge in [0.05, 0.1) is 5.70 Å². The Morgan fingerprint density at radius 3 is 2.58 bits per heavy atom. The van der Waals surface area contributed by atoms with E-state index < -0.39 is 5.97 Å². The van der Waals surface area contributed by atoms with E-state index in [9.17, 15) is 9.90 Å². The van der Waals surface area contributed by atoms with Crippen molar-refractivity contribution in [1.29, 1.82) is 0 Å². The minimum atomic E-state index is -0.974. The van der Waals surface area contributed by atoms with Crippen LogP contribution in [-0.4, -0.2) is 37.8 Å². The molecule has 2 heterocycles. The number of allylic oxidation sites excluding steroid dienone is 1. The maximum Gasteiger partial charge on any atom is 0.323 e. The Morgan fingerprint density at radius 1 is 1.12 bits per heavy atom. The monoisotopic (exact) mass is 367 g/mol. The molecule has 1 N–H and O–H groups in total. The maximum atomic E-state index is 11.4. The number of benzene rings is 2. The molecule has 1 atom stereocenters. The molecule has 0 spiro atoms. The Hall–Kier alpha value is -3.19. The third kappa shape index (κ3) is 2.82. The molecule has 4 rings (SSSR count). The summed E-state index contributed by atoms with van der Waals surface area (Å²) < 4.78 is 1.58. The zero-order chi connectivity index (χ0) is 18.1. The number of fused-ring (bicyclic) bond motifs is 1. The van der Waals surface area contributed by atoms with Crippen LogP contribution in [0.25, 0.3) is 5.70 Å². The Kier molecular flexibility index (Phi) is 4.14. The fourth-order valence-corrected chi connectivity index (χ4v) is 3.30. The summed E-state index contributed by atoms with van der Waals surface area (Å²) in [5.74, 6) is -0.615. The highest BCUT2D eigenvalue weighted by molar-refractivity contribution is 6.31. The number of halogens is 1. The first-order chi connectivity index (χ1) is 12.6. The molecular formula is C18H14ClN5O2. The van der Waals surface area contributed by atoms with Crippen molar-refractivity contribution in [2.75, 3.05) is 11.4 Å². The Labute approximate surface area is 154 Å². The number of rotatable bonds is 4. The second-order valence-electron chi connectivity index (χ2n) is 5.79. The van der Waals surface area contributed by atoms with Gasteiger partial charge >= 0.3 is 5.97 Å². The van der Waals surface area contributed by atoms with Crippen LogP contribution in [-0.2, 0) is 4.79 Å². The number of carboxylic acids is 1.